The minimum Gasteiger partial charge on any atom is -0.207 e. The first-order valence-electron chi connectivity index (χ1n) is 10.6. The summed E-state index contributed by atoms with van der Waals surface area (Å²) in [4.78, 5) is 0. The molecule has 4 aromatic rings. The number of aryl methyl sites for hydroxylation is 2. The first kappa shape index (κ1) is 21.6. The lowest BCUT2D eigenvalue weighted by atomic mass is 10.00. The predicted octanol–water partition coefficient (Wildman–Crippen LogP) is 8.48. The molecule has 0 nitrogen and oxygen atoms in total. The summed E-state index contributed by atoms with van der Waals surface area (Å²) in [5.74, 6) is -1.94. The molecule has 0 atom stereocenters. The summed E-state index contributed by atoms with van der Waals surface area (Å²) in [6.45, 7) is 3.87. The van der Waals surface area contributed by atoms with Crippen LogP contribution in [0.15, 0.2) is 78.9 Å². The number of hydrogen-bond acceptors (Lipinski definition) is 0. The highest BCUT2D eigenvalue weighted by Gasteiger charge is 2.13. The SMILES string of the molecule is CCc1ccc(-c2ccc(/C=C/c3ccc(-c4ccc(C)cc4)c(F)c3F)cc2)cc1F. The Hall–Kier alpha value is -3.59. The van der Waals surface area contributed by atoms with Crippen molar-refractivity contribution in [2.45, 2.75) is 20.3 Å². The van der Waals surface area contributed by atoms with Gasteiger partial charge in [-0.3, -0.25) is 0 Å². The molecule has 0 heterocycles. The predicted molar refractivity (Wildman–Crippen MR) is 127 cm³/mol. The monoisotopic (exact) mass is 428 g/mol. The van der Waals surface area contributed by atoms with Crippen LogP contribution in [0, 0.1) is 24.4 Å². The van der Waals surface area contributed by atoms with E-state index in [1.165, 1.54) is 6.07 Å². The largest absolute Gasteiger partial charge is 0.207 e. The second-order valence-corrected chi connectivity index (χ2v) is 7.81. The van der Waals surface area contributed by atoms with Gasteiger partial charge in [-0.15, -0.1) is 0 Å². The fourth-order valence-corrected chi connectivity index (χ4v) is 3.64. The Balaban J connectivity index is 1.55. The molecule has 0 spiro atoms. The zero-order valence-corrected chi connectivity index (χ0v) is 18.0. The van der Waals surface area contributed by atoms with Crippen molar-refractivity contribution in [3.05, 3.63) is 119 Å². The Morgan fingerprint density at radius 2 is 1.31 bits per heavy atom. The molecule has 0 aliphatic heterocycles. The van der Waals surface area contributed by atoms with E-state index >= 15 is 0 Å². The summed E-state index contributed by atoms with van der Waals surface area (Å²) in [5.41, 5.74) is 5.34. The van der Waals surface area contributed by atoms with Gasteiger partial charge in [0.2, 0.25) is 0 Å². The average Bonchev–Trinajstić information content (AvgIpc) is 2.81. The molecular formula is C29H23F3. The van der Waals surface area contributed by atoms with E-state index in [-0.39, 0.29) is 16.9 Å². The Morgan fingerprint density at radius 3 is 1.97 bits per heavy atom. The van der Waals surface area contributed by atoms with Crippen LogP contribution in [0.3, 0.4) is 0 Å². The lowest BCUT2D eigenvalue weighted by Gasteiger charge is -2.07. The molecule has 160 valence electrons. The summed E-state index contributed by atoms with van der Waals surface area (Å²) in [6, 6.07) is 23.2. The molecule has 0 aliphatic carbocycles. The maximum absolute atomic E-state index is 14.7. The zero-order valence-electron chi connectivity index (χ0n) is 18.0. The van der Waals surface area contributed by atoms with Gasteiger partial charge in [0.15, 0.2) is 11.6 Å². The van der Waals surface area contributed by atoms with E-state index in [9.17, 15) is 13.2 Å². The number of halogens is 3. The Morgan fingerprint density at radius 1 is 0.656 bits per heavy atom. The topological polar surface area (TPSA) is 0 Å². The van der Waals surface area contributed by atoms with Crippen molar-refractivity contribution in [2.24, 2.45) is 0 Å². The molecule has 32 heavy (non-hydrogen) atoms. The van der Waals surface area contributed by atoms with Gasteiger partial charge in [0, 0.05) is 11.1 Å². The van der Waals surface area contributed by atoms with E-state index in [4.69, 9.17) is 0 Å². The molecule has 4 aromatic carbocycles. The van der Waals surface area contributed by atoms with Crippen molar-refractivity contribution in [1.29, 1.82) is 0 Å². The fourth-order valence-electron chi connectivity index (χ4n) is 3.64. The van der Waals surface area contributed by atoms with E-state index < -0.39 is 11.6 Å². The Labute approximate surface area is 186 Å². The molecule has 0 radical (unpaired) electrons. The van der Waals surface area contributed by atoms with Gasteiger partial charge in [0.1, 0.15) is 5.82 Å². The highest BCUT2D eigenvalue weighted by Crippen LogP contribution is 2.28. The zero-order chi connectivity index (χ0) is 22.7. The molecule has 0 aromatic heterocycles. The van der Waals surface area contributed by atoms with Crippen LogP contribution < -0.4 is 0 Å². The molecule has 4 rings (SSSR count). The maximum atomic E-state index is 14.7. The number of rotatable bonds is 5. The van der Waals surface area contributed by atoms with Gasteiger partial charge in [-0.05, 0) is 47.2 Å². The first-order valence-corrected chi connectivity index (χ1v) is 10.6. The number of benzene rings is 4. The van der Waals surface area contributed by atoms with Gasteiger partial charge in [-0.25, -0.2) is 13.2 Å². The summed E-state index contributed by atoms with van der Waals surface area (Å²) < 4.78 is 43.4. The van der Waals surface area contributed by atoms with Crippen molar-refractivity contribution >= 4 is 12.2 Å². The maximum Gasteiger partial charge on any atom is 0.167 e. The van der Waals surface area contributed by atoms with Crippen LogP contribution in [0.5, 0.6) is 0 Å². The third-order valence-corrected chi connectivity index (χ3v) is 5.61. The van der Waals surface area contributed by atoms with E-state index in [0.29, 0.717) is 17.5 Å². The van der Waals surface area contributed by atoms with Gasteiger partial charge in [-0.1, -0.05) is 97.4 Å². The minimum atomic E-state index is -0.873. The highest BCUT2D eigenvalue weighted by atomic mass is 19.2. The highest BCUT2D eigenvalue weighted by molar-refractivity contribution is 5.74. The quantitative estimate of drug-likeness (QED) is 0.280. The van der Waals surface area contributed by atoms with Gasteiger partial charge in [0.05, 0.1) is 0 Å². The van der Waals surface area contributed by atoms with Crippen molar-refractivity contribution in [3.63, 3.8) is 0 Å². The molecule has 0 N–H and O–H groups in total. The van der Waals surface area contributed by atoms with Crippen molar-refractivity contribution in [2.75, 3.05) is 0 Å². The van der Waals surface area contributed by atoms with Gasteiger partial charge in [0.25, 0.3) is 0 Å². The van der Waals surface area contributed by atoms with Crippen LogP contribution in [-0.4, -0.2) is 0 Å². The summed E-state index contributed by atoms with van der Waals surface area (Å²) in [5, 5.41) is 0. The fraction of sp³-hybridized carbons (Fsp3) is 0.103. The third kappa shape index (κ3) is 4.52. The third-order valence-electron chi connectivity index (χ3n) is 5.61. The van der Waals surface area contributed by atoms with Crippen LogP contribution in [0.25, 0.3) is 34.4 Å². The van der Waals surface area contributed by atoms with E-state index in [1.54, 1.807) is 42.5 Å². The molecule has 0 saturated heterocycles. The summed E-state index contributed by atoms with van der Waals surface area (Å²) in [6.07, 6.45) is 3.94. The van der Waals surface area contributed by atoms with Gasteiger partial charge in [-0.2, -0.15) is 0 Å². The Kier molecular flexibility index (Phi) is 6.27. The minimum absolute atomic E-state index is 0.180. The average molecular weight is 428 g/mol. The molecule has 0 aliphatic rings. The summed E-state index contributed by atoms with van der Waals surface area (Å²) >= 11 is 0. The van der Waals surface area contributed by atoms with Crippen LogP contribution in [0.4, 0.5) is 13.2 Å². The van der Waals surface area contributed by atoms with Crippen molar-refractivity contribution < 1.29 is 13.2 Å². The Bertz CT molecular complexity index is 1270. The van der Waals surface area contributed by atoms with E-state index in [2.05, 4.69) is 0 Å². The normalized spacial score (nSPS) is 11.3. The molecular weight excluding hydrogens is 405 g/mol. The molecule has 0 amide bonds. The molecule has 0 fully saturated rings. The van der Waals surface area contributed by atoms with Crippen LogP contribution >= 0.6 is 0 Å². The van der Waals surface area contributed by atoms with E-state index in [0.717, 1.165) is 22.3 Å². The first-order chi connectivity index (χ1) is 15.5. The second-order valence-electron chi connectivity index (χ2n) is 7.81. The standard InChI is InChI=1S/C29H23F3/c1-3-21-14-15-25(18-27(21)30)22-11-6-20(7-12-22)8-13-24-16-17-26(29(32)28(24)31)23-9-4-19(2)5-10-23/h4-18H,3H2,1-2H3/b13-8+. The van der Waals surface area contributed by atoms with Crippen LogP contribution in [0.2, 0.25) is 0 Å². The van der Waals surface area contributed by atoms with Crippen molar-refractivity contribution in [1.82, 2.24) is 0 Å². The molecule has 3 heteroatoms. The van der Waals surface area contributed by atoms with Crippen molar-refractivity contribution in [3.8, 4) is 22.3 Å². The summed E-state index contributed by atoms with van der Waals surface area (Å²) in [7, 11) is 0. The number of hydrogen-bond donors (Lipinski definition) is 0. The van der Waals surface area contributed by atoms with Gasteiger partial charge < -0.3 is 0 Å². The molecule has 0 saturated carbocycles. The van der Waals surface area contributed by atoms with Crippen LogP contribution in [-0.2, 0) is 6.42 Å². The second kappa shape index (κ2) is 9.27. The molecule has 0 bridgehead atoms. The van der Waals surface area contributed by atoms with Crippen LogP contribution in [0.1, 0.15) is 29.2 Å². The smallest absolute Gasteiger partial charge is 0.167 e. The van der Waals surface area contributed by atoms with Gasteiger partial charge >= 0.3 is 0 Å². The lowest BCUT2D eigenvalue weighted by Crippen LogP contribution is -1.93. The molecule has 0 unspecified atom stereocenters. The lowest BCUT2D eigenvalue weighted by molar-refractivity contribution is 0.509. The van der Waals surface area contributed by atoms with E-state index in [1.807, 2.05) is 56.3 Å².